The van der Waals surface area contributed by atoms with Crippen LogP contribution >= 0.6 is 0 Å². The van der Waals surface area contributed by atoms with Gasteiger partial charge in [0.05, 0.1) is 20.8 Å². The lowest BCUT2D eigenvalue weighted by atomic mass is 10.1. The molecule has 1 N–H and O–H groups in total. The van der Waals surface area contributed by atoms with Crippen LogP contribution < -0.4 is 14.8 Å². The van der Waals surface area contributed by atoms with Gasteiger partial charge in [-0.2, -0.15) is 4.98 Å². The van der Waals surface area contributed by atoms with Gasteiger partial charge in [0.15, 0.2) is 11.5 Å². The SMILES string of the molecule is COc1ccc(-c2noc([C@@H](Cc3ccccc3)NC(=O)COCc3ccccc3)n2)cc1OC. The van der Waals surface area contributed by atoms with Crippen LogP contribution in [0.5, 0.6) is 11.5 Å². The van der Waals surface area contributed by atoms with E-state index in [9.17, 15) is 4.79 Å². The molecule has 0 spiro atoms. The number of nitrogens with one attached hydrogen (secondary N) is 1. The fourth-order valence-electron chi connectivity index (χ4n) is 3.59. The Balaban J connectivity index is 1.48. The van der Waals surface area contributed by atoms with Crippen LogP contribution in [0.3, 0.4) is 0 Å². The van der Waals surface area contributed by atoms with E-state index in [4.69, 9.17) is 18.7 Å². The van der Waals surface area contributed by atoms with Crippen LogP contribution in [0.2, 0.25) is 0 Å². The molecular formula is C27H27N3O5. The first-order valence-corrected chi connectivity index (χ1v) is 11.2. The molecule has 0 saturated heterocycles. The number of carbonyl (C=O) groups excluding carboxylic acids is 1. The highest BCUT2D eigenvalue weighted by Crippen LogP contribution is 2.31. The van der Waals surface area contributed by atoms with E-state index in [1.54, 1.807) is 26.4 Å². The number of nitrogens with zero attached hydrogens (tertiary/aromatic N) is 2. The number of amides is 1. The summed E-state index contributed by atoms with van der Waals surface area (Å²) < 4.78 is 21.8. The number of rotatable bonds is 11. The zero-order valence-corrected chi connectivity index (χ0v) is 19.6. The Morgan fingerprint density at radius 1 is 0.914 bits per heavy atom. The zero-order valence-electron chi connectivity index (χ0n) is 19.6. The zero-order chi connectivity index (χ0) is 24.5. The van der Waals surface area contributed by atoms with E-state index in [2.05, 4.69) is 15.5 Å². The monoisotopic (exact) mass is 473 g/mol. The highest BCUT2D eigenvalue weighted by Gasteiger charge is 2.23. The van der Waals surface area contributed by atoms with E-state index in [1.165, 1.54) is 0 Å². The third-order valence-corrected chi connectivity index (χ3v) is 5.34. The molecule has 4 rings (SSSR count). The summed E-state index contributed by atoms with van der Waals surface area (Å²) in [5.74, 6) is 1.57. The fraction of sp³-hybridized carbons (Fsp3) is 0.222. The van der Waals surface area contributed by atoms with Crippen LogP contribution in [-0.2, 0) is 22.6 Å². The van der Waals surface area contributed by atoms with Gasteiger partial charge in [-0.1, -0.05) is 65.8 Å². The average molecular weight is 474 g/mol. The van der Waals surface area contributed by atoms with Crippen LogP contribution in [-0.4, -0.2) is 36.9 Å². The first kappa shape index (κ1) is 24.0. The Hall–Kier alpha value is -4.17. The first-order valence-electron chi connectivity index (χ1n) is 11.2. The molecule has 4 aromatic rings. The molecule has 35 heavy (non-hydrogen) atoms. The topological polar surface area (TPSA) is 95.7 Å². The number of methoxy groups -OCH3 is 2. The summed E-state index contributed by atoms with van der Waals surface area (Å²) >= 11 is 0. The van der Waals surface area contributed by atoms with Crippen molar-refractivity contribution in [2.45, 2.75) is 19.1 Å². The fourth-order valence-corrected chi connectivity index (χ4v) is 3.59. The number of ether oxygens (including phenoxy) is 3. The van der Waals surface area contributed by atoms with E-state index in [0.717, 1.165) is 11.1 Å². The van der Waals surface area contributed by atoms with Gasteiger partial charge in [-0.15, -0.1) is 0 Å². The predicted molar refractivity (Wildman–Crippen MR) is 130 cm³/mol. The van der Waals surface area contributed by atoms with Crippen molar-refractivity contribution < 1.29 is 23.5 Å². The summed E-state index contributed by atoms with van der Waals surface area (Å²) in [5.41, 5.74) is 2.72. The van der Waals surface area contributed by atoms with Gasteiger partial charge >= 0.3 is 0 Å². The summed E-state index contributed by atoms with van der Waals surface area (Å²) in [4.78, 5) is 17.2. The van der Waals surface area contributed by atoms with Crippen molar-refractivity contribution in [3.63, 3.8) is 0 Å². The van der Waals surface area contributed by atoms with Gasteiger partial charge < -0.3 is 24.1 Å². The van der Waals surface area contributed by atoms with Crippen molar-refractivity contribution >= 4 is 5.91 Å². The Morgan fingerprint density at radius 3 is 2.29 bits per heavy atom. The van der Waals surface area contributed by atoms with Crippen molar-refractivity contribution in [2.75, 3.05) is 20.8 Å². The number of carbonyl (C=O) groups is 1. The maximum atomic E-state index is 12.7. The van der Waals surface area contributed by atoms with Gasteiger partial charge in [-0.05, 0) is 29.3 Å². The number of hydrogen-bond donors (Lipinski definition) is 1. The van der Waals surface area contributed by atoms with E-state index >= 15 is 0 Å². The molecule has 1 heterocycles. The van der Waals surface area contributed by atoms with E-state index in [1.807, 2.05) is 66.7 Å². The molecular weight excluding hydrogens is 446 g/mol. The molecule has 0 aliphatic rings. The summed E-state index contributed by atoms with van der Waals surface area (Å²) in [6, 6.07) is 24.3. The molecule has 0 bridgehead atoms. The summed E-state index contributed by atoms with van der Waals surface area (Å²) in [6.07, 6.45) is 0.485. The molecule has 1 aromatic heterocycles. The maximum Gasteiger partial charge on any atom is 0.249 e. The smallest absolute Gasteiger partial charge is 0.249 e. The lowest BCUT2D eigenvalue weighted by molar-refractivity contribution is -0.127. The van der Waals surface area contributed by atoms with Crippen LogP contribution in [0.25, 0.3) is 11.4 Å². The third-order valence-electron chi connectivity index (χ3n) is 5.34. The molecule has 0 fully saturated rings. The molecule has 180 valence electrons. The molecule has 0 aliphatic heterocycles. The van der Waals surface area contributed by atoms with Crippen molar-refractivity contribution in [3.8, 4) is 22.9 Å². The van der Waals surface area contributed by atoms with Gasteiger partial charge in [0.1, 0.15) is 12.6 Å². The highest BCUT2D eigenvalue weighted by molar-refractivity contribution is 5.77. The van der Waals surface area contributed by atoms with Gasteiger partial charge in [0, 0.05) is 12.0 Å². The van der Waals surface area contributed by atoms with Gasteiger partial charge in [-0.25, -0.2) is 0 Å². The largest absolute Gasteiger partial charge is 0.493 e. The predicted octanol–water partition coefficient (Wildman–Crippen LogP) is 4.37. The Kier molecular flexibility index (Phi) is 8.08. The number of benzene rings is 3. The maximum absolute atomic E-state index is 12.7. The summed E-state index contributed by atoms with van der Waals surface area (Å²) in [6.45, 7) is 0.262. The lowest BCUT2D eigenvalue weighted by Crippen LogP contribution is -2.33. The van der Waals surface area contributed by atoms with Gasteiger partial charge in [0.2, 0.25) is 17.6 Å². The molecule has 1 amide bonds. The first-order chi connectivity index (χ1) is 17.2. The minimum atomic E-state index is -0.522. The van der Waals surface area contributed by atoms with Gasteiger partial charge in [-0.3, -0.25) is 4.79 Å². The van der Waals surface area contributed by atoms with Crippen molar-refractivity contribution in [1.29, 1.82) is 0 Å². The van der Waals surface area contributed by atoms with E-state index < -0.39 is 6.04 Å². The summed E-state index contributed by atoms with van der Waals surface area (Å²) in [7, 11) is 3.14. The molecule has 8 nitrogen and oxygen atoms in total. The third kappa shape index (κ3) is 6.45. The molecule has 0 saturated carbocycles. The highest BCUT2D eigenvalue weighted by atomic mass is 16.5. The van der Waals surface area contributed by atoms with Crippen molar-refractivity contribution in [2.24, 2.45) is 0 Å². The Labute approximate surface area is 203 Å². The second-order valence-corrected chi connectivity index (χ2v) is 7.81. The van der Waals surface area contributed by atoms with Crippen LogP contribution in [0.1, 0.15) is 23.1 Å². The number of aromatic nitrogens is 2. The van der Waals surface area contributed by atoms with Crippen molar-refractivity contribution in [3.05, 3.63) is 95.9 Å². The summed E-state index contributed by atoms with van der Waals surface area (Å²) in [5, 5.41) is 7.09. The van der Waals surface area contributed by atoms with E-state index in [0.29, 0.717) is 41.8 Å². The van der Waals surface area contributed by atoms with Crippen molar-refractivity contribution in [1.82, 2.24) is 15.5 Å². The minimum absolute atomic E-state index is 0.0865. The molecule has 0 radical (unpaired) electrons. The normalized spacial score (nSPS) is 11.6. The molecule has 3 aromatic carbocycles. The molecule has 0 aliphatic carbocycles. The second kappa shape index (κ2) is 11.8. The Bertz CT molecular complexity index is 1230. The average Bonchev–Trinajstić information content (AvgIpc) is 3.39. The van der Waals surface area contributed by atoms with Crippen LogP contribution in [0.4, 0.5) is 0 Å². The van der Waals surface area contributed by atoms with Gasteiger partial charge in [0.25, 0.3) is 0 Å². The quantitative estimate of drug-likeness (QED) is 0.346. The lowest BCUT2D eigenvalue weighted by Gasteiger charge is -2.15. The minimum Gasteiger partial charge on any atom is -0.493 e. The molecule has 0 unspecified atom stereocenters. The standard InChI is InChI=1S/C27H27N3O5/c1-32-23-14-13-21(16-24(23)33-2)26-29-27(35-30-26)22(15-19-9-5-3-6-10-19)28-25(31)18-34-17-20-11-7-4-8-12-20/h3-14,16,22H,15,17-18H2,1-2H3,(H,28,31)/t22-/m1/s1. The van der Waals surface area contributed by atoms with E-state index in [-0.39, 0.29) is 12.5 Å². The molecule has 8 heteroatoms. The van der Waals surface area contributed by atoms with Crippen LogP contribution in [0.15, 0.2) is 83.4 Å². The molecule has 1 atom stereocenters. The Morgan fingerprint density at radius 2 is 1.60 bits per heavy atom. The number of hydrogen-bond acceptors (Lipinski definition) is 7. The second-order valence-electron chi connectivity index (χ2n) is 7.81. The van der Waals surface area contributed by atoms with Crippen LogP contribution in [0, 0.1) is 0 Å².